The first-order valence-electron chi connectivity index (χ1n) is 6.78. The summed E-state index contributed by atoms with van der Waals surface area (Å²) in [7, 11) is 0. The first-order chi connectivity index (χ1) is 8.33. The van der Waals surface area contributed by atoms with Crippen molar-refractivity contribution in [3.05, 3.63) is 18.3 Å². The van der Waals surface area contributed by atoms with Crippen LogP contribution < -0.4 is 10.2 Å². The van der Waals surface area contributed by atoms with Crippen molar-refractivity contribution >= 4 is 11.5 Å². The topological polar surface area (TPSA) is 28.2 Å². The van der Waals surface area contributed by atoms with E-state index in [1.165, 1.54) is 38.0 Å². The van der Waals surface area contributed by atoms with Gasteiger partial charge in [-0.1, -0.05) is 13.3 Å². The summed E-state index contributed by atoms with van der Waals surface area (Å²) in [6.07, 6.45) is 5.90. The molecule has 0 radical (unpaired) electrons. The van der Waals surface area contributed by atoms with Gasteiger partial charge in [0.15, 0.2) is 0 Å². The smallest absolute Gasteiger partial charge is 0.127 e. The number of nitrogens with one attached hydrogen (secondary N) is 1. The quantitative estimate of drug-likeness (QED) is 0.866. The Hall–Kier alpha value is -1.25. The normalized spacial score (nSPS) is 20.4. The molecular formula is C14H23N3. The number of aromatic nitrogens is 1. The van der Waals surface area contributed by atoms with Crippen LogP contribution in [0.3, 0.4) is 0 Å². The van der Waals surface area contributed by atoms with Gasteiger partial charge in [0.1, 0.15) is 5.82 Å². The van der Waals surface area contributed by atoms with Crippen molar-refractivity contribution in [1.82, 2.24) is 4.98 Å². The molecule has 0 bridgehead atoms. The van der Waals surface area contributed by atoms with Crippen LogP contribution in [0, 0.1) is 5.92 Å². The fourth-order valence-electron chi connectivity index (χ4n) is 2.53. The van der Waals surface area contributed by atoms with Crippen molar-refractivity contribution < 1.29 is 0 Å². The molecule has 1 aromatic rings. The number of anilines is 2. The highest BCUT2D eigenvalue weighted by Crippen LogP contribution is 2.25. The lowest BCUT2D eigenvalue weighted by Crippen LogP contribution is -2.35. The first-order valence-corrected chi connectivity index (χ1v) is 6.78. The van der Waals surface area contributed by atoms with Crippen molar-refractivity contribution in [3.63, 3.8) is 0 Å². The lowest BCUT2D eigenvalue weighted by atomic mass is 9.95. The molecule has 3 heteroatoms. The highest BCUT2D eigenvalue weighted by Gasteiger charge is 2.18. The third-order valence-corrected chi connectivity index (χ3v) is 3.56. The molecule has 1 aromatic heterocycles. The van der Waals surface area contributed by atoms with E-state index in [9.17, 15) is 0 Å². The zero-order chi connectivity index (χ0) is 12.1. The van der Waals surface area contributed by atoms with Crippen molar-refractivity contribution in [1.29, 1.82) is 0 Å². The van der Waals surface area contributed by atoms with Gasteiger partial charge in [-0.2, -0.15) is 0 Å². The third-order valence-electron chi connectivity index (χ3n) is 3.56. The van der Waals surface area contributed by atoms with Crippen LogP contribution in [-0.2, 0) is 0 Å². The molecule has 3 nitrogen and oxygen atoms in total. The van der Waals surface area contributed by atoms with Gasteiger partial charge in [0.05, 0.1) is 0 Å². The van der Waals surface area contributed by atoms with Crippen LogP contribution in [-0.4, -0.2) is 24.6 Å². The summed E-state index contributed by atoms with van der Waals surface area (Å²) >= 11 is 0. The van der Waals surface area contributed by atoms with Gasteiger partial charge in [-0.05, 0) is 31.7 Å². The molecule has 1 N–H and O–H groups in total. The van der Waals surface area contributed by atoms with Gasteiger partial charge in [-0.25, -0.2) is 4.98 Å². The average molecular weight is 233 g/mol. The molecule has 2 heterocycles. The Labute approximate surface area is 104 Å². The molecule has 0 spiro atoms. The molecule has 1 atom stereocenters. The Kier molecular flexibility index (Phi) is 4.24. The Morgan fingerprint density at radius 1 is 1.47 bits per heavy atom. The van der Waals surface area contributed by atoms with E-state index in [-0.39, 0.29) is 0 Å². The van der Waals surface area contributed by atoms with Gasteiger partial charge < -0.3 is 10.2 Å². The summed E-state index contributed by atoms with van der Waals surface area (Å²) in [6, 6.07) is 4.29. The van der Waals surface area contributed by atoms with E-state index in [0.29, 0.717) is 0 Å². The van der Waals surface area contributed by atoms with E-state index in [2.05, 4.69) is 41.2 Å². The molecule has 17 heavy (non-hydrogen) atoms. The second-order valence-electron chi connectivity index (χ2n) is 4.79. The van der Waals surface area contributed by atoms with Crippen LogP contribution >= 0.6 is 0 Å². The zero-order valence-corrected chi connectivity index (χ0v) is 10.9. The van der Waals surface area contributed by atoms with E-state index in [4.69, 9.17) is 0 Å². The Morgan fingerprint density at radius 2 is 2.35 bits per heavy atom. The molecule has 1 saturated heterocycles. The highest BCUT2D eigenvalue weighted by atomic mass is 15.1. The molecule has 0 saturated carbocycles. The molecule has 1 fully saturated rings. The maximum atomic E-state index is 4.33. The SMILES string of the molecule is CCNc1cc(N2CCCC(CC)C2)ccn1. The Morgan fingerprint density at radius 3 is 3.12 bits per heavy atom. The van der Waals surface area contributed by atoms with E-state index in [0.717, 1.165) is 18.3 Å². The summed E-state index contributed by atoms with van der Waals surface area (Å²) in [5.74, 6) is 1.85. The molecule has 1 unspecified atom stereocenters. The lowest BCUT2D eigenvalue weighted by Gasteiger charge is -2.34. The van der Waals surface area contributed by atoms with Crippen LogP contribution in [0.5, 0.6) is 0 Å². The summed E-state index contributed by atoms with van der Waals surface area (Å²) in [4.78, 5) is 6.83. The van der Waals surface area contributed by atoms with Crippen molar-refractivity contribution in [3.8, 4) is 0 Å². The molecule has 0 aliphatic carbocycles. The van der Waals surface area contributed by atoms with Gasteiger partial charge in [-0.15, -0.1) is 0 Å². The van der Waals surface area contributed by atoms with Gasteiger partial charge in [0.2, 0.25) is 0 Å². The van der Waals surface area contributed by atoms with E-state index < -0.39 is 0 Å². The largest absolute Gasteiger partial charge is 0.371 e. The molecule has 2 rings (SSSR count). The predicted molar refractivity (Wildman–Crippen MR) is 73.6 cm³/mol. The van der Waals surface area contributed by atoms with E-state index in [1.54, 1.807) is 0 Å². The third kappa shape index (κ3) is 3.11. The molecular weight excluding hydrogens is 210 g/mol. The van der Waals surface area contributed by atoms with Gasteiger partial charge >= 0.3 is 0 Å². The second kappa shape index (κ2) is 5.89. The molecule has 0 amide bonds. The van der Waals surface area contributed by atoms with Crippen molar-refractivity contribution in [2.75, 3.05) is 29.9 Å². The van der Waals surface area contributed by atoms with Gasteiger partial charge in [0, 0.05) is 37.6 Å². The number of hydrogen-bond acceptors (Lipinski definition) is 3. The Balaban J connectivity index is 2.07. The van der Waals surface area contributed by atoms with E-state index >= 15 is 0 Å². The standard InChI is InChI=1S/C14H23N3/c1-3-12-6-5-9-17(11-12)13-7-8-16-14(10-13)15-4-2/h7-8,10,12H,3-6,9,11H2,1-2H3,(H,15,16). The Bertz CT molecular complexity index is 351. The zero-order valence-electron chi connectivity index (χ0n) is 10.9. The number of nitrogens with zero attached hydrogens (tertiary/aromatic N) is 2. The number of piperidine rings is 1. The minimum absolute atomic E-state index is 0.861. The van der Waals surface area contributed by atoms with Gasteiger partial charge in [0.25, 0.3) is 0 Å². The second-order valence-corrected chi connectivity index (χ2v) is 4.79. The minimum Gasteiger partial charge on any atom is -0.371 e. The monoisotopic (exact) mass is 233 g/mol. The minimum atomic E-state index is 0.861. The van der Waals surface area contributed by atoms with Crippen LogP contribution in [0.15, 0.2) is 18.3 Å². The van der Waals surface area contributed by atoms with Crippen molar-refractivity contribution in [2.45, 2.75) is 33.1 Å². The summed E-state index contributed by atoms with van der Waals surface area (Å²) < 4.78 is 0. The fourth-order valence-corrected chi connectivity index (χ4v) is 2.53. The first kappa shape index (κ1) is 12.2. The molecule has 94 valence electrons. The maximum Gasteiger partial charge on any atom is 0.127 e. The summed E-state index contributed by atoms with van der Waals surface area (Å²) in [5, 5.41) is 3.27. The molecule has 0 aromatic carbocycles. The number of rotatable bonds is 4. The van der Waals surface area contributed by atoms with Crippen molar-refractivity contribution in [2.24, 2.45) is 5.92 Å². The summed E-state index contributed by atoms with van der Waals surface area (Å²) in [5.41, 5.74) is 1.31. The van der Waals surface area contributed by atoms with E-state index in [1.807, 2.05) is 6.20 Å². The van der Waals surface area contributed by atoms with Crippen LogP contribution in [0.25, 0.3) is 0 Å². The average Bonchev–Trinajstić information content (AvgIpc) is 2.40. The lowest BCUT2D eigenvalue weighted by molar-refractivity contribution is 0.404. The molecule has 1 aliphatic heterocycles. The number of hydrogen-bond donors (Lipinski definition) is 1. The number of pyridine rings is 1. The van der Waals surface area contributed by atoms with Crippen LogP contribution in [0.4, 0.5) is 11.5 Å². The maximum absolute atomic E-state index is 4.33. The molecule has 1 aliphatic rings. The van der Waals surface area contributed by atoms with Crippen LogP contribution in [0.2, 0.25) is 0 Å². The van der Waals surface area contributed by atoms with Gasteiger partial charge in [-0.3, -0.25) is 0 Å². The fraction of sp³-hybridized carbons (Fsp3) is 0.643. The van der Waals surface area contributed by atoms with Crippen LogP contribution in [0.1, 0.15) is 33.1 Å². The highest BCUT2D eigenvalue weighted by molar-refractivity contribution is 5.54. The predicted octanol–water partition coefficient (Wildman–Crippen LogP) is 3.14. The summed E-state index contributed by atoms with van der Waals surface area (Å²) in [6.45, 7) is 7.71.